The van der Waals surface area contributed by atoms with E-state index in [2.05, 4.69) is 15.5 Å². The molecule has 0 atom stereocenters. The van der Waals surface area contributed by atoms with Gasteiger partial charge in [-0.15, -0.1) is 0 Å². The Morgan fingerprint density at radius 3 is 2.26 bits per heavy atom. The summed E-state index contributed by atoms with van der Waals surface area (Å²) in [5.74, 6) is -3.40. The zero-order chi connectivity index (χ0) is 24.1. The summed E-state index contributed by atoms with van der Waals surface area (Å²) in [5, 5.41) is 15.5. The highest BCUT2D eigenvalue weighted by molar-refractivity contribution is 6.07. The quantitative estimate of drug-likeness (QED) is 0.510. The van der Waals surface area contributed by atoms with E-state index in [1.54, 1.807) is 6.07 Å². The van der Waals surface area contributed by atoms with E-state index < -0.39 is 23.4 Å². The van der Waals surface area contributed by atoms with Crippen LogP contribution in [0.2, 0.25) is 0 Å². The maximum Gasteiger partial charge on any atom is 0.259 e. The molecule has 0 saturated carbocycles. The van der Waals surface area contributed by atoms with Crippen molar-refractivity contribution >= 4 is 23.2 Å². The highest BCUT2D eigenvalue weighted by Gasteiger charge is 2.15. The summed E-state index contributed by atoms with van der Waals surface area (Å²) in [6, 6.07) is 13.9. The van der Waals surface area contributed by atoms with E-state index in [9.17, 15) is 23.5 Å². The van der Waals surface area contributed by atoms with Gasteiger partial charge in [0.15, 0.2) is 0 Å². The van der Waals surface area contributed by atoms with Crippen molar-refractivity contribution in [2.45, 2.75) is 6.54 Å². The van der Waals surface area contributed by atoms with E-state index in [-0.39, 0.29) is 22.6 Å². The molecule has 3 aromatic carbocycles. The molecule has 1 aliphatic heterocycles. The predicted molar refractivity (Wildman–Crippen MR) is 123 cm³/mol. The second-order valence-corrected chi connectivity index (χ2v) is 7.89. The molecule has 0 aromatic heterocycles. The number of hydrogen-bond acceptors (Lipinski definition) is 5. The number of carbonyl (C=O) groups excluding carboxylic acids is 2. The molecule has 1 aliphatic rings. The van der Waals surface area contributed by atoms with Gasteiger partial charge in [0.2, 0.25) is 0 Å². The standard InChI is InChI=1S/C25H23F2N3O4/c26-18-11-17(12-19(27)13-18)24(32)28-21-4-5-22(23(31)14-21)25(33)29-20-3-1-2-16(10-20)15-30-6-8-34-9-7-30/h1-5,10-14,31H,6-9,15H2,(H,28,32)(H,29,33). The molecule has 0 unspecified atom stereocenters. The molecule has 0 bridgehead atoms. The third-order valence-corrected chi connectivity index (χ3v) is 5.32. The predicted octanol–water partition coefficient (Wildman–Crippen LogP) is 4.01. The van der Waals surface area contributed by atoms with Gasteiger partial charge in [-0.1, -0.05) is 12.1 Å². The molecule has 0 radical (unpaired) electrons. The Morgan fingerprint density at radius 1 is 0.882 bits per heavy atom. The fourth-order valence-corrected chi connectivity index (χ4v) is 3.65. The molecule has 0 spiro atoms. The monoisotopic (exact) mass is 467 g/mol. The van der Waals surface area contributed by atoms with Crippen LogP contribution < -0.4 is 10.6 Å². The number of ether oxygens (including phenoxy) is 1. The number of phenolic OH excluding ortho intramolecular Hbond substituents is 1. The number of halogens is 2. The molecule has 1 fully saturated rings. The first-order chi connectivity index (χ1) is 16.4. The average Bonchev–Trinajstić information content (AvgIpc) is 2.79. The molecular formula is C25H23F2N3O4. The van der Waals surface area contributed by atoms with Crippen LogP contribution in [0.5, 0.6) is 5.75 Å². The van der Waals surface area contributed by atoms with Gasteiger partial charge in [0.05, 0.1) is 18.8 Å². The van der Waals surface area contributed by atoms with Crippen molar-refractivity contribution in [3.8, 4) is 5.75 Å². The summed E-state index contributed by atoms with van der Waals surface area (Å²) >= 11 is 0. The molecule has 3 N–H and O–H groups in total. The zero-order valence-electron chi connectivity index (χ0n) is 18.2. The number of phenols is 1. The lowest BCUT2D eigenvalue weighted by atomic mass is 10.1. The highest BCUT2D eigenvalue weighted by atomic mass is 19.1. The first-order valence-electron chi connectivity index (χ1n) is 10.7. The maximum absolute atomic E-state index is 13.3. The molecule has 1 saturated heterocycles. The van der Waals surface area contributed by atoms with Gasteiger partial charge in [-0.2, -0.15) is 0 Å². The molecule has 7 nitrogen and oxygen atoms in total. The number of anilines is 2. The van der Waals surface area contributed by atoms with E-state index in [4.69, 9.17) is 4.74 Å². The van der Waals surface area contributed by atoms with Crippen molar-refractivity contribution in [3.05, 3.63) is 89.0 Å². The van der Waals surface area contributed by atoms with Crippen molar-refractivity contribution in [3.63, 3.8) is 0 Å². The number of nitrogens with one attached hydrogen (secondary N) is 2. The Morgan fingerprint density at radius 2 is 1.56 bits per heavy atom. The maximum atomic E-state index is 13.3. The number of carbonyl (C=O) groups is 2. The van der Waals surface area contributed by atoms with Gasteiger partial charge in [0, 0.05) is 48.7 Å². The van der Waals surface area contributed by atoms with Crippen molar-refractivity contribution in [1.29, 1.82) is 0 Å². The number of amides is 2. The largest absolute Gasteiger partial charge is 0.507 e. The minimum Gasteiger partial charge on any atom is -0.507 e. The number of nitrogens with zero attached hydrogens (tertiary/aromatic N) is 1. The van der Waals surface area contributed by atoms with E-state index in [0.29, 0.717) is 25.0 Å². The minimum absolute atomic E-state index is 0.00776. The SMILES string of the molecule is O=C(Nc1ccc(C(=O)Nc2cccc(CN3CCOCC3)c2)c(O)c1)c1cc(F)cc(F)c1. The molecular weight excluding hydrogens is 444 g/mol. The Bertz CT molecular complexity index is 1190. The Labute approximate surface area is 195 Å². The Hall–Kier alpha value is -3.82. The van der Waals surface area contributed by atoms with Gasteiger partial charge in [0.25, 0.3) is 11.8 Å². The van der Waals surface area contributed by atoms with Gasteiger partial charge in [0.1, 0.15) is 17.4 Å². The summed E-state index contributed by atoms with van der Waals surface area (Å²) in [5.41, 5.74) is 1.58. The third kappa shape index (κ3) is 5.94. The molecule has 2 amide bonds. The van der Waals surface area contributed by atoms with Crippen molar-refractivity contribution in [1.82, 2.24) is 4.90 Å². The number of hydrogen-bond donors (Lipinski definition) is 3. The van der Waals surface area contributed by atoms with Crippen LogP contribution in [0, 0.1) is 11.6 Å². The summed E-state index contributed by atoms with van der Waals surface area (Å²) in [6.45, 7) is 3.83. The van der Waals surface area contributed by atoms with Gasteiger partial charge >= 0.3 is 0 Å². The molecule has 4 rings (SSSR count). The Balaban J connectivity index is 1.41. The molecule has 176 valence electrons. The average molecular weight is 467 g/mol. The molecule has 3 aromatic rings. The van der Waals surface area contributed by atoms with Crippen molar-refractivity contribution < 1.29 is 28.2 Å². The van der Waals surface area contributed by atoms with Gasteiger partial charge in [-0.05, 0) is 42.0 Å². The summed E-state index contributed by atoms with van der Waals surface area (Å²) in [4.78, 5) is 27.2. The highest BCUT2D eigenvalue weighted by Crippen LogP contribution is 2.24. The first-order valence-corrected chi connectivity index (χ1v) is 10.7. The van der Waals surface area contributed by atoms with E-state index >= 15 is 0 Å². The van der Waals surface area contributed by atoms with Crippen molar-refractivity contribution in [2.24, 2.45) is 0 Å². The van der Waals surface area contributed by atoms with Crippen LogP contribution in [-0.4, -0.2) is 48.1 Å². The van der Waals surface area contributed by atoms with Gasteiger partial charge < -0.3 is 20.5 Å². The molecule has 1 heterocycles. The van der Waals surface area contributed by atoms with Crippen LogP contribution in [-0.2, 0) is 11.3 Å². The first kappa shape index (κ1) is 23.3. The van der Waals surface area contributed by atoms with Crippen LogP contribution in [0.1, 0.15) is 26.3 Å². The van der Waals surface area contributed by atoms with Crippen LogP contribution >= 0.6 is 0 Å². The number of rotatable bonds is 6. The number of benzene rings is 3. The van der Waals surface area contributed by atoms with E-state index in [1.165, 1.54) is 18.2 Å². The lowest BCUT2D eigenvalue weighted by Crippen LogP contribution is -2.35. The summed E-state index contributed by atoms with van der Waals surface area (Å²) in [7, 11) is 0. The zero-order valence-corrected chi connectivity index (χ0v) is 18.2. The number of morpholine rings is 1. The summed E-state index contributed by atoms with van der Waals surface area (Å²) < 4.78 is 32.0. The smallest absolute Gasteiger partial charge is 0.259 e. The topological polar surface area (TPSA) is 90.9 Å². The lowest BCUT2D eigenvalue weighted by molar-refractivity contribution is 0.0342. The van der Waals surface area contributed by atoms with Gasteiger partial charge in [-0.3, -0.25) is 14.5 Å². The van der Waals surface area contributed by atoms with Crippen LogP contribution in [0.25, 0.3) is 0 Å². The normalized spacial score (nSPS) is 13.9. The lowest BCUT2D eigenvalue weighted by Gasteiger charge is -2.26. The molecule has 0 aliphatic carbocycles. The third-order valence-electron chi connectivity index (χ3n) is 5.32. The second-order valence-electron chi connectivity index (χ2n) is 7.89. The molecule has 9 heteroatoms. The fraction of sp³-hybridized carbons (Fsp3) is 0.200. The van der Waals surface area contributed by atoms with Crippen LogP contribution in [0.15, 0.2) is 60.7 Å². The van der Waals surface area contributed by atoms with Crippen LogP contribution in [0.3, 0.4) is 0 Å². The second kappa shape index (κ2) is 10.4. The number of aromatic hydroxyl groups is 1. The van der Waals surface area contributed by atoms with E-state index in [0.717, 1.165) is 37.3 Å². The van der Waals surface area contributed by atoms with Crippen LogP contribution in [0.4, 0.5) is 20.2 Å². The summed E-state index contributed by atoms with van der Waals surface area (Å²) in [6.07, 6.45) is 0. The van der Waals surface area contributed by atoms with Gasteiger partial charge in [-0.25, -0.2) is 8.78 Å². The minimum atomic E-state index is -0.881. The fourth-order valence-electron chi connectivity index (χ4n) is 3.65. The van der Waals surface area contributed by atoms with Crippen molar-refractivity contribution in [2.75, 3.05) is 36.9 Å². The van der Waals surface area contributed by atoms with E-state index in [1.807, 2.05) is 18.2 Å². The molecule has 34 heavy (non-hydrogen) atoms. The Kier molecular flexibility index (Phi) is 7.15.